The van der Waals surface area contributed by atoms with Crippen LogP contribution < -0.4 is 0 Å². The molecule has 1 amide bonds. The van der Waals surface area contributed by atoms with E-state index in [1.54, 1.807) is 35.4 Å². The molecule has 4 rings (SSSR count). The van der Waals surface area contributed by atoms with Gasteiger partial charge in [0.2, 0.25) is 0 Å². The Hall–Kier alpha value is -2.70. The number of carbonyl (C=O) groups is 1. The van der Waals surface area contributed by atoms with Gasteiger partial charge in [-0.25, -0.2) is 9.50 Å². The summed E-state index contributed by atoms with van der Waals surface area (Å²) >= 11 is 0. The van der Waals surface area contributed by atoms with Crippen LogP contribution in [0.4, 0.5) is 0 Å². The number of nitrogens with zero attached hydrogens (tertiary/aromatic N) is 5. The van der Waals surface area contributed by atoms with Crippen molar-refractivity contribution in [1.82, 2.24) is 29.7 Å². The zero-order valence-electron chi connectivity index (χ0n) is 12.0. The molecule has 3 aromatic heterocycles. The summed E-state index contributed by atoms with van der Waals surface area (Å²) in [5, 5.41) is 11.2. The number of aromatic nitrogens is 5. The molecule has 1 N–H and O–H groups in total. The van der Waals surface area contributed by atoms with Crippen LogP contribution in [-0.2, 0) is 0 Å². The second-order valence-corrected chi connectivity index (χ2v) is 5.47. The molecule has 112 valence electrons. The van der Waals surface area contributed by atoms with Crippen molar-refractivity contribution in [3.8, 4) is 0 Å². The van der Waals surface area contributed by atoms with Gasteiger partial charge in [-0.3, -0.25) is 9.89 Å². The minimum Gasteiger partial charge on any atom is -0.330 e. The molecule has 22 heavy (non-hydrogen) atoms. The van der Waals surface area contributed by atoms with Crippen molar-refractivity contribution in [2.45, 2.75) is 25.3 Å². The van der Waals surface area contributed by atoms with Crippen molar-refractivity contribution >= 4 is 11.6 Å². The molecular weight excluding hydrogens is 280 g/mol. The Bertz CT molecular complexity index is 793. The number of rotatable bonds is 2. The van der Waals surface area contributed by atoms with Crippen LogP contribution in [0.5, 0.6) is 0 Å². The van der Waals surface area contributed by atoms with Gasteiger partial charge < -0.3 is 4.90 Å². The summed E-state index contributed by atoms with van der Waals surface area (Å²) in [6.45, 7) is 0.743. The van der Waals surface area contributed by atoms with Gasteiger partial charge in [-0.2, -0.15) is 10.2 Å². The number of hydrogen-bond donors (Lipinski definition) is 1. The van der Waals surface area contributed by atoms with Gasteiger partial charge in [-0.05, 0) is 31.4 Å². The number of nitrogens with one attached hydrogen (secondary N) is 1. The summed E-state index contributed by atoms with van der Waals surface area (Å²) in [5.41, 5.74) is 2.13. The average molecular weight is 296 g/mol. The maximum atomic E-state index is 13.0. The fraction of sp³-hybridized carbons (Fsp3) is 0.333. The number of carbonyl (C=O) groups excluding carboxylic acids is 1. The first-order chi connectivity index (χ1) is 10.8. The van der Waals surface area contributed by atoms with Gasteiger partial charge in [0.1, 0.15) is 5.56 Å². The zero-order valence-corrected chi connectivity index (χ0v) is 12.0. The third kappa shape index (κ3) is 2.05. The Kier molecular flexibility index (Phi) is 3.10. The monoisotopic (exact) mass is 296 g/mol. The van der Waals surface area contributed by atoms with E-state index in [9.17, 15) is 4.79 Å². The quantitative estimate of drug-likeness (QED) is 0.782. The van der Waals surface area contributed by atoms with E-state index in [4.69, 9.17) is 0 Å². The van der Waals surface area contributed by atoms with E-state index in [2.05, 4.69) is 20.3 Å². The van der Waals surface area contributed by atoms with Crippen LogP contribution in [-0.4, -0.2) is 42.1 Å². The molecule has 3 aromatic rings. The Morgan fingerprint density at radius 1 is 1.32 bits per heavy atom. The van der Waals surface area contributed by atoms with E-state index in [0.29, 0.717) is 11.2 Å². The fourth-order valence-corrected chi connectivity index (χ4v) is 3.08. The molecule has 7 heteroatoms. The lowest BCUT2D eigenvalue weighted by Crippen LogP contribution is -2.38. The molecule has 0 aliphatic carbocycles. The molecule has 0 saturated carbocycles. The highest BCUT2D eigenvalue weighted by Gasteiger charge is 2.31. The number of amides is 1. The normalized spacial score (nSPS) is 18.7. The summed E-state index contributed by atoms with van der Waals surface area (Å²) in [5.74, 6) is -0.0204. The molecule has 0 unspecified atom stereocenters. The molecule has 1 saturated heterocycles. The van der Waals surface area contributed by atoms with E-state index >= 15 is 0 Å². The van der Waals surface area contributed by atoms with Crippen molar-refractivity contribution in [1.29, 1.82) is 0 Å². The predicted molar refractivity (Wildman–Crippen MR) is 79.2 cm³/mol. The lowest BCUT2D eigenvalue weighted by Gasteiger charge is -2.34. The first-order valence-electron chi connectivity index (χ1n) is 7.43. The maximum Gasteiger partial charge on any atom is 0.259 e. The van der Waals surface area contributed by atoms with Crippen molar-refractivity contribution in [2.75, 3.05) is 6.54 Å². The largest absolute Gasteiger partial charge is 0.330 e. The van der Waals surface area contributed by atoms with Crippen molar-refractivity contribution in [2.24, 2.45) is 0 Å². The molecular formula is C15H16N6O. The van der Waals surface area contributed by atoms with Gasteiger partial charge in [0, 0.05) is 25.1 Å². The van der Waals surface area contributed by atoms with Crippen molar-refractivity contribution in [3.63, 3.8) is 0 Å². The van der Waals surface area contributed by atoms with Gasteiger partial charge in [0.15, 0.2) is 5.65 Å². The molecule has 0 spiro atoms. The number of piperidine rings is 1. The zero-order chi connectivity index (χ0) is 14.9. The van der Waals surface area contributed by atoms with Gasteiger partial charge >= 0.3 is 0 Å². The third-order valence-corrected chi connectivity index (χ3v) is 4.15. The number of aromatic amines is 1. The number of fused-ring (bicyclic) bond motifs is 1. The lowest BCUT2D eigenvalue weighted by atomic mass is 9.98. The Morgan fingerprint density at radius 2 is 2.27 bits per heavy atom. The number of hydrogen-bond acceptors (Lipinski definition) is 4. The number of likely N-dealkylation sites (tertiary alicyclic amines) is 1. The highest BCUT2D eigenvalue weighted by molar-refractivity contribution is 5.99. The number of H-pyrrole nitrogens is 1. The van der Waals surface area contributed by atoms with E-state index in [1.807, 2.05) is 11.0 Å². The first kappa shape index (κ1) is 13.0. The van der Waals surface area contributed by atoms with Crippen LogP contribution in [0.3, 0.4) is 0 Å². The predicted octanol–water partition coefficient (Wildman–Crippen LogP) is 1.82. The maximum absolute atomic E-state index is 13.0. The summed E-state index contributed by atoms with van der Waals surface area (Å²) in [6, 6.07) is 3.77. The van der Waals surface area contributed by atoms with Crippen LogP contribution in [0.1, 0.15) is 41.4 Å². The highest BCUT2D eigenvalue weighted by atomic mass is 16.2. The van der Waals surface area contributed by atoms with Crippen LogP contribution >= 0.6 is 0 Å². The van der Waals surface area contributed by atoms with E-state index in [1.165, 1.54) is 0 Å². The smallest absolute Gasteiger partial charge is 0.259 e. The second-order valence-electron chi connectivity index (χ2n) is 5.47. The Balaban J connectivity index is 1.71. The van der Waals surface area contributed by atoms with Crippen LogP contribution in [0.15, 0.2) is 36.9 Å². The standard InChI is InChI=1S/C15H16N6O/c22-15(11-10-18-21-9-3-6-16-14(11)21)20-8-2-1-4-13(20)12-5-7-17-19-12/h3,5-7,9-10,13H,1-2,4,8H2,(H,17,19)/t13-/m1/s1. The minimum atomic E-state index is -0.0204. The van der Waals surface area contributed by atoms with E-state index in [0.717, 1.165) is 31.5 Å². The van der Waals surface area contributed by atoms with Crippen molar-refractivity contribution < 1.29 is 4.79 Å². The minimum absolute atomic E-state index is 0.0204. The lowest BCUT2D eigenvalue weighted by molar-refractivity contribution is 0.0608. The molecule has 4 heterocycles. The Labute approximate surface area is 127 Å². The first-order valence-corrected chi connectivity index (χ1v) is 7.43. The summed E-state index contributed by atoms with van der Waals surface area (Å²) < 4.78 is 1.63. The van der Waals surface area contributed by atoms with Gasteiger partial charge in [-0.15, -0.1) is 0 Å². The molecule has 1 aliphatic heterocycles. The molecule has 1 aliphatic rings. The SMILES string of the molecule is O=C(c1cnn2cccnc12)N1CCCC[C@@H]1c1ccn[nH]1. The van der Waals surface area contributed by atoms with Crippen LogP contribution in [0.2, 0.25) is 0 Å². The van der Waals surface area contributed by atoms with Crippen molar-refractivity contribution in [3.05, 3.63) is 48.2 Å². The van der Waals surface area contributed by atoms with Crippen LogP contribution in [0.25, 0.3) is 5.65 Å². The highest BCUT2D eigenvalue weighted by Crippen LogP contribution is 2.31. The van der Waals surface area contributed by atoms with Gasteiger partial charge in [0.05, 0.1) is 17.9 Å². The Morgan fingerprint density at radius 3 is 3.14 bits per heavy atom. The average Bonchev–Trinajstić information content (AvgIpc) is 3.24. The fourth-order valence-electron chi connectivity index (χ4n) is 3.08. The van der Waals surface area contributed by atoms with Crippen LogP contribution in [0, 0.1) is 0 Å². The van der Waals surface area contributed by atoms with Gasteiger partial charge in [-0.1, -0.05) is 0 Å². The molecule has 0 aromatic carbocycles. The summed E-state index contributed by atoms with van der Waals surface area (Å²) in [7, 11) is 0. The molecule has 1 fully saturated rings. The topological polar surface area (TPSA) is 79.2 Å². The summed E-state index contributed by atoms with van der Waals surface area (Å²) in [6.07, 6.45) is 9.87. The van der Waals surface area contributed by atoms with Gasteiger partial charge in [0.25, 0.3) is 5.91 Å². The molecule has 0 bridgehead atoms. The van der Waals surface area contributed by atoms with E-state index in [-0.39, 0.29) is 11.9 Å². The van der Waals surface area contributed by atoms with E-state index < -0.39 is 0 Å². The summed E-state index contributed by atoms with van der Waals surface area (Å²) in [4.78, 5) is 19.2. The molecule has 0 radical (unpaired) electrons. The molecule has 7 nitrogen and oxygen atoms in total. The third-order valence-electron chi connectivity index (χ3n) is 4.15. The second kappa shape index (κ2) is 5.25. The molecule has 1 atom stereocenters.